The summed E-state index contributed by atoms with van der Waals surface area (Å²) in [7, 11) is 0. The van der Waals surface area contributed by atoms with E-state index in [-0.39, 0.29) is 24.2 Å². The molecular formula is C26H24N2O4. The van der Waals surface area contributed by atoms with Gasteiger partial charge < -0.3 is 14.7 Å². The van der Waals surface area contributed by atoms with Crippen molar-refractivity contribution in [3.8, 4) is 16.9 Å². The number of nitrogens with zero attached hydrogens (tertiary/aromatic N) is 1. The van der Waals surface area contributed by atoms with Crippen LogP contribution in [0.5, 0.6) is 5.75 Å². The molecule has 2 amide bonds. The molecule has 3 aromatic rings. The number of β-lactam (4-membered cyclic amide) rings is 1. The predicted octanol–water partition coefficient (Wildman–Crippen LogP) is 5.13. The number of phenols is 1. The molecule has 1 aliphatic heterocycles. The zero-order chi connectivity index (χ0) is 22.5. The second-order valence-corrected chi connectivity index (χ2v) is 8.93. The molecule has 32 heavy (non-hydrogen) atoms. The first-order valence-electron chi connectivity index (χ1n) is 10.6. The van der Waals surface area contributed by atoms with E-state index < -0.39 is 11.5 Å². The Balaban J connectivity index is 1.29. The molecule has 0 unspecified atom stereocenters. The highest BCUT2D eigenvalue weighted by Gasteiger charge is 2.45. The van der Waals surface area contributed by atoms with Gasteiger partial charge in [-0.3, -0.25) is 10.1 Å². The molecule has 6 nitrogen and oxygen atoms in total. The van der Waals surface area contributed by atoms with Crippen molar-refractivity contribution in [2.45, 2.75) is 19.8 Å². The van der Waals surface area contributed by atoms with Gasteiger partial charge in [-0.25, -0.2) is 4.79 Å². The van der Waals surface area contributed by atoms with Crippen LogP contribution >= 0.6 is 0 Å². The van der Waals surface area contributed by atoms with E-state index >= 15 is 0 Å². The SMILES string of the molecule is CC1(C)CN(c2cc(NC(=O)OCC3c4ccccc4-c4ccccc43)ccc2O)C1=O. The number of amides is 2. The average molecular weight is 428 g/mol. The van der Waals surface area contributed by atoms with Gasteiger partial charge in [0, 0.05) is 18.2 Å². The number of hydrogen-bond donors (Lipinski definition) is 2. The average Bonchev–Trinajstić information content (AvgIpc) is 3.11. The summed E-state index contributed by atoms with van der Waals surface area (Å²) in [5.41, 5.74) is 5.02. The van der Waals surface area contributed by atoms with Crippen LogP contribution in [-0.2, 0) is 9.53 Å². The van der Waals surface area contributed by atoms with Gasteiger partial charge in [0.2, 0.25) is 5.91 Å². The number of carbonyl (C=O) groups is 2. The lowest BCUT2D eigenvalue weighted by Crippen LogP contribution is -2.58. The van der Waals surface area contributed by atoms with E-state index in [1.54, 1.807) is 12.1 Å². The second-order valence-electron chi connectivity index (χ2n) is 8.93. The number of rotatable bonds is 4. The number of carbonyl (C=O) groups excluding carboxylic acids is 2. The maximum atomic E-state index is 12.5. The van der Waals surface area contributed by atoms with Gasteiger partial charge in [0.05, 0.1) is 11.1 Å². The van der Waals surface area contributed by atoms with Crippen LogP contribution in [0.25, 0.3) is 11.1 Å². The quantitative estimate of drug-likeness (QED) is 0.446. The summed E-state index contributed by atoms with van der Waals surface area (Å²) in [6, 6.07) is 21.0. The fourth-order valence-electron chi connectivity index (χ4n) is 4.57. The minimum absolute atomic E-state index is 0.00747. The Labute approximate surface area is 186 Å². The summed E-state index contributed by atoms with van der Waals surface area (Å²) < 4.78 is 5.58. The Kier molecular flexibility index (Phi) is 4.66. The van der Waals surface area contributed by atoms with E-state index in [9.17, 15) is 14.7 Å². The molecule has 1 heterocycles. The highest BCUT2D eigenvalue weighted by atomic mass is 16.5. The van der Waals surface area contributed by atoms with E-state index in [0.717, 1.165) is 11.1 Å². The first-order chi connectivity index (χ1) is 15.3. The lowest BCUT2D eigenvalue weighted by Gasteiger charge is -2.44. The summed E-state index contributed by atoms with van der Waals surface area (Å²) in [5.74, 6) is -0.0949. The zero-order valence-corrected chi connectivity index (χ0v) is 18.0. The molecule has 5 rings (SSSR count). The van der Waals surface area contributed by atoms with Gasteiger partial charge in [-0.1, -0.05) is 48.5 Å². The summed E-state index contributed by atoms with van der Waals surface area (Å²) >= 11 is 0. The highest BCUT2D eigenvalue weighted by Crippen LogP contribution is 2.44. The van der Waals surface area contributed by atoms with Crippen LogP contribution in [0.3, 0.4) is 0 Å². The van der Waals surface area contributed by atoms with Crippen LogP contribution in [-0.4, -0.2) is 30.3 Å². The third kappa shape index (κ3) is 3.28. The number of fused-ring (bicyclic) bond motifs is 3. The number of hydrogen-bond acceptors (Lipinski definition) is 4. The van der Waals surface area contributed by atoms with Crippen molar-refractivity contribution in [3.05, 3.63) is 77.9 Å². The van der Waals surface area contributed by atoms with Crippen LogP contribution < -0.4 is 10.2 Å². The number of benzene rings is 3. The second kappa shape index (κ2) is 7.41. The van der Waals surface area contributed by atoms with Crippen LogP contribution in [0, 0.1) is 5.41 Å². The van der Waals surface area contributed by atoms with Crippen LogP contribution in [0.2, 0.25) is 0 Å². The van der Waals surface area contributed by atoms with Crippen molar-refractivity contribution in [2.75, 3.05) is 23.4 Å². The molecule has 0 spiro atoms. The van der Waals surface area contributed by atoms with Crippen molar-refractivity contribution < 1.29 is 19.4 Å². The number of nitrogens with one attached hydrogen (secondary N) is 1. The van der Waals surface area contributed by atoms with Crippen molar-refractivity contribution in [3.63, 3.8) is 0 Å². The van der Waals surface area contributed by atoms with Gasteiger partial charge in [-0.2, -0.15) is 0 Å². The monoisotopic (exact) mass is 428 g/mol. The number of aromatic hydroxyl groups is 1. The van der Waals surface area contributed by atoms with Crippen molar-refractivity contribution in [1.29, 1.82) is 0 Å². The molecule has 0 atom stereocenters. The minimum Gasteiger partial charge on any atom is -0.506 e. The molecule has 6 heteroatoms. The summed E-state index contributed by atoms with van der Waals surface area (Å²) in [6.07, 6.45) is -0.584. The predicted molar refractivity (Wildman–Crippen MR) is 123 cm³/mol. The van der Waals surface area contributed by atoms with E-state index in [1.807, 2.05) is 38.1 Å². The zero-order valence-electron chi connectivity index (χ0n) is 18.0. The summed E-state index contributed by atoms with van der Waals surface area (Å²) in [4.78, 5) is 26.4. The molecule has 3 aromatic carbocycles. The Hall–Kier alpha value is -3.80. The first kappa shape index (κ1) is 20.1. The normalized spacial score (nSPS) is 16.2. The third-order valence-corrected chi connectivity index (χ3v) is 6.23. The molecule has 1 aliphatic carbocycles. The van der Waals surface area contributed by atoms with Crippen LogP contribution in [0.4, 0.5) is 16.2 Å². The third-order valence-electron chi connectivity index (χ3n) is 6.23. The summed E-state index contributed by atoms with van der Waals surface area (Å²) in [6.45, 7) is 4.45. The first-order valence-corrected chi connectivity index (χ1v) is 10.6. The molecular weight excluding hydrogens is 404 g/mol. The molecule has 0 bridgehead atoms. The van der Waals surface area contributed by atoms with E-state index in [4.69, 9.17) is 4.74 Å². The van der Waals surface area contributed by atoms with Gasteiger partial charge in [0.15, 0.2) is 0 Å². The van der Waals surface area contributed by atoms with Crippen molar-refractivity contribution >= 4 is 23.4 Å². The Morgan fingerprint density at radius 1 is 1.06 bits per heavy atom. The Morgan fingerprint density at radius 2 is 1.69 bits per heavy atom. The maximum Gasteiger partial charge on any atom is 0.411 e. The lowest BCUT2D eigenvalue weighted by molar-refractivity contribution is -0.132. The van der Waals surface area contributed by atoms with E-state index in [1.165, 1.54) is 22.1 Å². The lowest BCUT2D eigenvalue weighted by atomic mass is 9.82. The highest BCUT2D eigenvalue weighted by molar-refractivity contribution is 6.05. The minimum atomic E-state index is -0.584. The molecule has 2 aliphatic rings. The number of phenolic OH excluding ortho intramolecular Hbond substituents is 1. The van der Waals surface area contributed by atoms with Gasteiger partial charge in [-0.15, -0.1) is 0 Å². The molecule has 0 saturated carbocycles. The molecule has 0 radical (unpaired) electrons. The van der Waals surface area contributed by atoms with Gasteiger partial charge in [-0.05, 0) is 54.3 Å². The molecule has 162 valence electrons. The largest absolute Gasteiger partial charge is 0.506 e. The van der Waals surface area contributed by atoms with Gasteiger partial charge in [0.25, 0.3) is 0 Å². The standard InChI is InChI=1S/C26H24N2O4/c1-26(2)15-28(24(26)30)22-13-16(11-12-23(22)29)27-25(31)32-14-21-19-9-5-3-7-17(19)18-8-4-6-10-20(18)21/h3-13,21,29H,14-15H2,1-2H3,(H,27,31). The molecule has 0 aromatic heterocycles. The van der Waals surface area contributed by atoms with Crippen LogP contribution in [0.1, 0.15) is 30.9 Å². The fourth-order valence-corrected chi connectivity index (χ4v) is 4.57. The molecule has 1 saturated heterocycles. The van der Waals surface area contributed by atoms with Crippen molar-refractivity contribution in [1.82, 2.24) is 0 Å². The van der Waals surface area contributed by atoms with Crippen LogP contribution in [0.15, 0.2) is 66.7 Å². The fraction of sp³-hybridized carbons (Fsp3) is 0.231. The van der Waals surface area contributed by atoms with E-state index in [0.29, 0.717) is 17.9 Å². The van der Waals surface area contributed by atoms with Gasteiger partial charge >= 0.3 is 6.09 Å². The van der Waals surface area contributed by atoms with E-state index in [2.05, 4.69) is 29.6 Å². The Morgan fingerprint density at radius 3 is 2.28 bits per heavy atom. The maximum absolute atomic E-state index is 12.5. The number of anilines is 2. The topological polar surface area (TPSA) is 78.9 Å². The Bertz CT molecular complexity index is 1190. The summed E-state index contributed by atoms with van der Waals surface area (Å²) in [5, 5.41) is 12.9. The van der Waals surface area contributed by atoms with Crippen molar-refractivity contribution in [2.24, 2.45) is 5.41 Å². The van der Waals surface area contributed by atoms with Gasteiger partial charge in [0.1, 0.15) is 12.4 Å². The molecule has 2 N–H and O–H groups in total. The molecule has 1 fully saturated rings. The number of ether oxygens (including phenoxy) is 1. The smallest absolute Gasteiger partial charge is 0.411 e.